The van der Waals surface area contributed by atoms with Gasteiger partial charge in [-0.2, -0.15) is 0 Å². The summed E-state index contributed by atoms with van der Waals surface area (Å²) in [5.74, 6) is 0.601. The molecule has 0 amide bonds. The molecule has 1 fully saturated rings. The van der Waals surface area contributed by atoms with Crippen LogP contribution in [-0.4, -0.2) is 17.5 Å². The van der Waals surface area contributed by atoms with Gasteiger partial charge < -0.3 is 11.1 Å². The highest BCUT2D eigenvalue weighted by Crippen LogP contribution is 2.23. The molecule has 0 saturated heterocycles. The van der Waals surface area contributed by atoms with E-state index in [1.165, 1.54) is 12.8 Å². The molecule has 0 aliphatic heterocycles. The zero-order chi connectivity index (χ0) is 9.19. The normalized spacial score (nSPS) is 19.4. The van der Waals surface area contributed by atoms with Crippen LogP contribution in [0.4, 0.5) is 0 Å². The van der Waals surface area contributed by atoms with Crippen molar-refractivity contribution in [1.82, 2.24) is 5.32 Å². The summed E-state index contributed by atoms with van der Waals surface area (Å²) in [5.41, 5.74) is 5.79. The second kappa shape index (κ2) is 3.33. The van der Waals surface area contributed by atoms with E-state index in [1.807, 2.05) is 0 Å². The van der Waals surface area contributed by atoms with Gasteiger partial charge in [0.05, 0.1) is 6.04 Å². The molecule has 3 nitrogen and oxygen atoms in total. The molecule has 0 aromatic carbocycles. The van der Waals surface area contributed by atoms with Crippen molar-refractivity contribution in [1.29, 1.82) is 0 Å². The molecule has 12 heavy (non-hydrogen) atoms. The second-order valence-electron chi connectivity index (χ2n) is 4.11. The molecule has 0 aromatic heterocycles. The topological polar surface area (TPSA) is 50.4 Å². The SMILES string of the molecule is CCC(C)(C)NC(N)=NC1CC1. The van der Waals surface area contributed by atoms with Gasteiger partial charge in [-0.05, 0) is 33.1 Å². The highest BCUT2D eigenvalue weighted by atomic mass is 15.1. The average Bonchev–Trinajstić information content (AvgIpc) is 2.70. The van der Waals surface area contributed by atoms with E-state index in [1.54, 1.807) is 0 Å². The Morgan fingerprint density at radius 1 is 1.58 bits per heavy atom. The summed E-state index contributed by atoms with van der Waals surface area (Å²) in [6.07, 6.45) is 3.46. The van der Waals surface area contributed by atoms with Crippen molar-refractivity contribution >= 4 is 5.96 Å². The quantitative estimate of drug-likeness (QED) is 0.493. The molecule has 0 heterocycles. The molecule has 0 aromatic rings. The summed E-state index contributed by atoms with van der Waals surface area (Å²) in [6, 6.07) is 0.505. The van der Waals surface area contributed by atoms with Gasteiger partial charge in [-0.15, -0.1) is 0 Å². The largest absolute Gasteiger partial charge is 0.370 e. The van der Waals surface area contributed by atoms with Crippen LogP contribution in [0.1, 0.15) is 40.0 Å². The van der Waals surface area contributed by atoms with E-state index in [0.717, 1.165) is 6.42 Å². The Bertz CT molecular complexity index is 180. The number of guanidine groups is 1. The molecule has 0 atom stereocenters. The molecule has 1 aliphatic carbocycles. The predicted molar refractivity (Wildman–Crippen MR) is 52.2 cm³/mol. The number of nitrogens with one attached hydrogen (secondary N) is 1. The molecule has 1 saturated carbocycles. The van der Waals surface area contributed by atoms with Gasteiger partial charge in [0, 0.05) is 5.54 Å². The number of hydrogen-bond acceptors (Lipinski definition) is 1. The molecule has 0 unspecified atom stereocenters. The molecule has 0 spiro atoms. The van der Waals surface area contributed by atoms with E-state index in [-0.39, 0.29) is 5.54 Å². The van der Waals surface area contributed by atoms with Gasteiger partial charge in [0.2, 0.25) is 0 Å². The van der Waals surface area contributed by atoms with Crippen molar-refractivity contribution in [3.8, 4) is 0 Å². The molecule has 0 radical (unpaired) electrons. The van der Waals surface area contributed by atoms with E-state index < -0.39 is 0 Å². The maximum absolute atomic E-state index is 5.72. The van der Waals surface area contributed by atoms with E-state index in [0.29, 0.717) is 12.0 Å². The maximum Gasteiger partial charge on any atom is 0.189 e. The Morgan fingerprint density at radius 2 is 2.17 bits per heavy atom. The van der Waals surface area contributed by atoms with Crippen LogP contribution >= 0.6 is 0 Å². The molecule has 1 rings (SSSR count). The van der Waals surface area contributed by atoms with Gasteiger partial charge in [-0.1, -0.05) is 6.92 Å². The minimum absolute atomic E-state index is 0.0719. The first-order valence-corrected chi connectivity index (χ1v) is 4.65. The molecule has 0 bridgehead atoms. The van der Waals surface area contributed by atoms with E-state index in [9.17, 15) is 0 Å². The average molecular weight is 169 g/mol. The van der Waals surface area contributed by atoms with Crippen LogP contribution in [0.5, 0.6) is 0 Å². The van der Waals surface area contributed by atoms with E-state index in [2.05, 4.69) is 31.1 Å². The number of aliphatic imine (C=N–C) groups is 1. The van der Waals surface area contributed by atoms with Gasteiger partial charge in [0.15, 0.2) is 5.96 Å². The summed E-state index contributed by atoms with van der Waals surface area (Å²) < 4.78 is 0. The summed E-state index contributed by atoms with van der Waals surface area (Å²) in [6.45, 7) is 6.39. The monoisotopic (exact) mass is 169 g/mol. The second-order valence-corrected chi connectivity index (χ2v) is 4.11. The third-order valence-corrected chi connectivity index (χ3v) is 2.22. The van der Waals surface area contributed by atoms with Crippen LogP contribution < -0.4 is 11.1 Å². The van der Waals surface area contributed by atoms with E-state index >= 15 is 0 Å². The first-order valence-electron chi connectivity index (χ1n) is 4.65. The highest BCUT2D eigenvalue weighted by molar-refractivity contribution is 5.78. The molecular weight excluding hydrogens is 150 g/mol. The lowest BCUT2D eigenvalue weighted by atomic mass is 10.0. The molecule has 3 N–H and O–H groups in total. The van der Waals surface area contributed by atoms with Gasteiger partial charge in [0.1, 0.15) is 0 Å². The third-order valence-electron chi connectivity index (χ3n) is 2.22. The fourth-order valence-electron chi connectivity index (χ4n) is 0.868. The number of nitrogens with zero attached hydrogens (tertiary/aromatic N) is 1. The minimum Gasteiger partial charge on any atom is -0.370 e. The van der Waals surface area contributed by atoms with Crippen LogP contribution in [0.15, 0.2) is 4.99 Å². The van der Waals surface area contributed by atoms with E-state index in [4.69, 9.17) is 5.73 Å². The smallest absolute Gasteiger partial charge is 0.189 e. The summed E-state index contributed by atoms with van der Waals surface area (Å²) in [7, 11) is 0. The summed E-state index contributed by atoms with van der Waals surface area (Å²) in [4.78, 5) is 4.30. The Kier molecular flexibility index (Phi) is 2.60. The van der Waals surface area contributed by atoms with Crippen molar-refractivity contribution in [3.63, 3.8) is 0 Å². The molecular formula is C9H19N3. The number of rotatable bonds is 3. The first-order chi connectivity index (χ1) is 5.53. The Hall–Kier alpha value is -0.730. The lowest BCUT2D eigenvalue weighted by Crippen LogP contribution is -2.46. The zero-order valence-corrected chi connectivity index (χ0v) is 8.22. The van der Waals surface area contributed by atoms with Crippen molar-refractivity contribution in [2.45, 2.75) is 51.6 Å². The molecule has 70 valence electrons. The van der Waals surface area contributed by atoms with Crippen molar-refractivity contribution in [3.05, 3.63) is 0 Å². The van der Waals surface area contributed by atoms with Crippen LogP contribution in [0.25, 0.3) is 0 Å². The number of hydrogen-bond donors (Lipinski definition) is 2. The zero-order valence-electron chi connectivity index (χ0n) is 8.22. The van der Waals surface area contributed by atoms with Crippen molar-refractivity contribution in [2.24, 2.45) is 10.7 Å². The van der Waals surface area contributed by atoms with Crippen molar-refractivity contribution in [2.75, 3.05) is 0 Å². The van der Waals surface area contributed by atoms with Crippen LogP contribution in [0.3, 0.4) is 0 Å². The highest BCUT2D eigenvalue weighted by Gasteiger charge is 2.22. The van der Waals surface area contributed by atoms with Gasteiger partial charge in [-0.25, -0.2) is 0 Å². The van der Waals surface area contributed by atoms with Gasteiger partial charge in [-0.3, -0.25) is 4.99 Å². The molecule has 1 aliphatic rings. The van der Waals surface area contributed by atoms with Crippen LogP contribution in [0, 0.1) is 0 Å². The summed E-state index contributed by atoms with van der Waals surface area (Å²) in [5, 5.41) is 3.20. The summed E-state index contributed by atoms with van der Waals surface area (Å²) >= 11 is 0. The van der Waals surface area contributed by atoms with Crippen molar-refractivity contribution < 1.29 is 0 Å². The molecule has 3 heteroatoms. The predicted octanol–water partition coefficient (Wildman–Crippen LogP) is 1.24. The third kappa shape index (κ3) is 3.11. The fourth-order valence-corrected chi connectivity index (χ4v) is 0.868. The standard InChI is InChI=1S/C9H19N3/c1-4-9(2,3)12-8(10)11-7-5-6-7/h7H,4-6H2,1-3H3,(H3,10,11,12). The Morgan fingerprint density at radius 3 is 2.58 bits per heavy atom. The van der Waals surface area contributed by atoms with Gasteiger partial charge in [0.25, 0.3) is 0 Å². The lowest BCUT2D eigenvalue weighted by Gasteiger charge is -2.24. The van der Waals surface area contributed by atoms with Crippen LogP contribution in [-0.2, 0) is 0 Å². The Balaban J connectivity index is 2.38. The maximum atomic E-state index is 5.72. The number of nitrogens with two attached hydrogens (primary N) is 1. The first kappa shape index (κ1) is 9.36. The lowest BCUT2D eigenvalue weighted by molar-refractivity contribution is 0.443. The minimum atomic E-state index is 0.0719. The van der Waals surface area contributed by atoms with Crippen LogP contribution in [0.2, 0.25) is 0 Å². The van der Waals surface area contributed by atoms with Gasteiger partial charge >= 0.3 is 0 Å². The fraction of sp³-hybridized carbons (Fsp3) is 0.889. The Labute approximate surface area is 74.4 Å².